The highest BCUT2D eigenvalue weighted by atomic mass is 35.5. The maximum Gasteiger partial charge on any atom is 0.0581 e. The lowest BCUT2D eigenvalue weighted by atomic mass is 10.1. The van der Waals surface area contributed by atoms with Crippen molar-refractivity contribution in [3.05, 3.63) is 23.8 Å². The summed E-state index contributed by atoms with van der Waals surface area (Å²) < 4.78 is 0. The van der Waals surface area contributed by atoms with E-state index in [1.807, 2.05) is 12.1 Å². The smallest absolute Gasteiger partial charge is 0.0581 e. The highest BCUT2D eigenvalue weighted by molar-refractivity contribution is 5.85. The van der Waals surface area contributed by atoms with Crippen LogP contribution in [0.2, 0.25) is 0 Å². The normalized spacial score (nSPS) is 8.38. The molecular formula is C8H14Cl2N2O. The first-order valence-electron chi connectivity index (χ1n) is 3.49. The van der Waals surface area contributed by atoms with Crippen LogP contribution >= 0.6 is 24.8 Å². The van der Waals surface area contributed by atoms with Gasteiger partial charge in [-0.25, -0.2) is 0 Å². The quantitative estimate of drug-likeness (QED) is 0.663. The molecule has 0 bridgehead atoms. The molecule has 0 spiro atoms. The molecule has 0 saturated carbocycles. The zero-order valence-electron chi connectivity index (χ0n) is 7.06. The molecule has 0 unspecified atom stereocenters. The third-order valence-corrected chi connectivity index (χ3v) is 1.61. The van der Waals surface area contributed by atoms with Crippen molar-refractivity contribution in [1.82, 2.24) is 0 Å². The first-order valence-corrected chi connectivity index (χ1v) is 3.49. The van der Waals surface area contributed by atoms with Gasteiger partial charge < -0.3 is 16.6 Å². The van der Waals surface area contributed by atoms with E-state index in [1.165, 1.54) is 0 Å². The van der Waals surface area contributed by atoms with Crippen molar-refractivity contribution in [3.63, 3.8) is 0 Å². The van der Waals surface area contributed by atoms with Gasteiger partial charge in [-0.3, -0.25) is 0 Å². The van der Waals surface area contributed by atoms with Gasteiger partial charge in [-0.05, 0) is 18.1 Å². The van der Waals surface area contributed by atoms with Crippen LogP contribution in [0.4, 0.5) is 11.4 Å². The Morgan fingerprint density at radius 3 is 2.31 bits per heavy atom. The average molecular weight is 225 g/mol. The monoisotopic (exact) mass is 224 g/mol. The van der Waals surface area contributed by atoms with E-state index >= 15 is 0 Å². The number of para-hydroxylation sites is 1. The summed E-state index contributed by atoms with van der Waals surface area (Å²) in [7, 11) is 0. The van der Waals surface area contributed by atoms with Gasteiger partial charge in [0.25, 0.3) is 0 Å². The molecule has 5 N–H and O–H groups in total. The zero-order valence-corrected chi connectivity index (χ0v) is 8.70. The van der Waals surface area contributed by atoms with Crippen LogP contribution in [0, 0.1) is 0 Å². The SMILES string of the molecule is Cl.Cl.Nc1cccc(CCO)c1N. The lowest BCUT2D eigenvalue weighted by Crippen LogP contribution is -2.01. The lowest BCUT2D eigenvalue weighted by molar-refractivity contribution is 0.300. The Balaban J connectivity index is 0. The van der Waals surface area contributed by atoms with E-state index in [-0.39, 0.29) is 31.4 Å². The minimum Gasteiger partial charge on any atom is -0.397 e. The number of hydrogen-bond donors (Lipinski definition) is 3. The molecule has 0 fully saturated rings. The first kappa shape index (κ1) is 14.9. The third kappa shape index (κ3) is 3.72. The first-order chi connectivity index (χ1) is 5.25. The van der Waals surface area contributed by atoms with Crippen LogP contribution in [0.1, 0.15) is 5.56 Å². The number of aliphatic hydroxyl groups excluding tert-OH is 1. The minimum atomic E-state index is 0. The molecule has 0 aliphatic heterocycles. The summed E-state index contributed by atoms with van der Waals surface area (Å²) in [6.07, 6.45) is 0.566. The van der Waals surface area contributed by atoms with Crippen molar-refractivity contribution in [2.75, 3.05) is 18.1 Å². The Morgan fingerprint density at radius 2 is 1.77 bits per heavy atom. The van der Waals surface area contributed by atoms with Gasteiger partial charge in [-0.1, -0.05) is 12.1 Å². The minimum absolute atomic E-state index is 0. The van der Waals surface area contributed by atoms with Crippen molar-refractivity contribution >= 4 is 36.2 Å². The second-order valence-corrected chi connectivity index (χ2v) is 2.39. The molecule has 0 aliphatic carbocycles. The molecule has 0 aliphatic rings. The summed E-state index contributed by atoms with van der Waals surface area (Å²) in [5.41, 5.74) is 13.3. The number of anilines is 2. The van der Waals surface area contributed by atoms with Gasteiger partial charge in [0.15, 0.2) is 0 Å². The van der Waals surface area contributed by atoms with Crippen molar-refractivity contribution in [3.8, 4) is 0 Å². The number of nitrogen functional groups attached to an aromatic ring is 2. The van der Waals surface area contributed by atoms with Crippen molar-refractivity contribution in [2.45, 2.75) is 6.42 Å². The summed E-state index contributed by atoms with van der Waals surface area (Å²) in [5.74, 6) is 0. The van der Waals surface area contributed by atoms with Crippen LogP contribution in [0.5, 0.6) is 0 Å². The molecule has 0 heterocycles. The molecule has 76 valence electrons. The second-order valence-electron chi connectivity index (χ2n) is 2.39. The van der Waals surface area contributed by atoms with Crippen LogP contribution in [0.3, 0.4) is 0 Å². The van der Waals surface area contributed by atoms with Crippen molar-refractivity contribution < 1.29 is 5.11 Å². The van der Waals surface area contributed by atoms with E-state index in [2.05, 4.69) is 0 Å². The Labute approximate surface area is 89.9 Å². The van der Waals surface area contributed by atoms with Gasteiger partial charge in [0.2, 0.25) is 0 Å². The summed E-state index contributed by atoms with van der Waals surface area (Å²) in [6, 6.07) is 5.44. The van der Waals surface area contributed by atoms with Gasteiger partial charge in [0.1, 0.15) is 0 Å². The summed E-state index contributed by atoms with van der Waals surface area (Å²) in [5, 5.41) is 8.64. The predicted molar refractivity (Wildman–Crippen MR) is 60.6 cm³/mol. The molecule has 13 heavy (non-hydrogen) atoms. The van der Waals surface area contributed by atoms with E-state index in [1.54, 1.807) is 6.07 Å². The van der Waals surface area contributed by atoms with Crippen LogP contribution in [-0.4, -0.2) is 11.7 Å². The fourth-order valence-electron chi connectivity index (χ4n) is 0.971. The summed E-state index contributed by atoms with van der Waals surface area (Å²) >= 11 is 0. The molecule has 1 aromatic rings. The van der Waals surface area contributed by atoms with Gasteiger partial charge >= 0.3 is 0 Å². The van der Waals surface area contributed by atoms with Crippen LogP contribution in [0.25, 0.3) is 0 Å². The van der Waals surface area contributed by atoms with Gasteiger partial charge in [0, 0.05) is 6.61 Å². The molecule has 0 atom stereocenters. The number of aliphatic hydroxyl groups is 1. The molecule has 5 heteroatoms. The Morgan fingerprint density at radius 1 is 1.15 bits per heavy atom. The Kier molecular flexibility index (Phi) is 7.81. The van der Waals surface area contributed by atoms with Crippen molar-refractivity contribution in [1.29, 1.82) is 0 Å². The molecular weight excluding hydrogens is 211 g/mol. The average Bonchev–Trinajstić information content (AvgIpc) is 1.99. The van der Waals surface area contributed by atoms with Crippen molar-refractivity contribution in [2.24, 2.45) is 0 Å². The molecule has 1 rings (SSSR count). The summed E-state index contributed by atoms with van der Waals surface area (Å²) in [6.45, 7) is 0.105. The lowest BCUT2D eigenvalue weighted by Gasteiger charge is -2.05. The highest BCUT2D eigenvalue weighted by Gasteiger charge is 1.99. The van der Waals surface area contributed by atoms with E-state index in [0.717, 1.165) is 5.56 Å². The molecule has 0 radical (unpaired) electrons. The predicted octanol–water partition coefficient (Wildman–Crippen LogP) is 1.23. The maximum atomic E-state index is 8.64. The van der Waals surface area contributed by atoms with Gasteiger partial charge in [-0.2, -0.15) is 0 Å². The van der Waals surface area contributed by atoms with Crippen LogP contribution in [-0.2, 0) is 6.42 Å². The Hall–Kier alpha value is -0.640. The number of benzene rings is 1. The number of halogens is 2. The van der Waals surface area contributed by atoms with E-state index in [4.69, 9.17) is 16.6 Å². The zero-order chi connectivity index (χ0) is 8.27. The van der Waals surface area contributed by atoms with E-state index in [0.29, 0.717) is 17.8 Å². The fourth-order valence-corrected chi connectivity index (χ4v) is 0.971. The fraction of sp³-hybridized carbons (Fsp3) is 0.250. The van der Waals surface area contributed by atoms with Gasteiger partial charge in [-0.15, -0.1) is 24.8 Å². The van der Waals surface area contributed by atoms with E-state index in [9.17, 15) is 0 Å². The molecule has 3 nitrogen and oxygen atoms in total. The molecule has 0 amide bonds. The van der Waals surface area contributed by atoms with Crippen LogP contribution in [0.15, 0.2) is 18.2 Å². The third-order valence-electron chi connectivity index (χ3n) is 1.61. The largest absolute Gasteiger partial charge is 0.397 e. The molecule has 0 saturated heterocycles. The highest BCUT2D eigenvalue weighted by Crippen LogP contribution is 2.19. The standard InChI is InChI=1S/C8H12N2O.2ClH/c9-7-3-1-2-6(4-5-11)8(7)10;;/h1-3,11H,4-5,9-10H2;2*1H. The summed E-state index contributed by atoms with van der Waals surface area (Å²) in [4.78, 5) is 0. The maximum absolute atomic E-state index is 8.64. The second kappa shape index (κ2) is 6.83. The van der Waals surface area contributed by atoms with Gasteiger partial charge in [0.05, 0.1) is 11.4 Å². The topological polar surface area (TPSA) is 72.3 Å². The van der Waals surface area contributed by atoms with Crippen LogP contribution < -0.4 is 11.5 Å². The van der Waals surface area contributed by atoms with E-state index < -0.39 is 0 Å². The number of hydrogen-bond acceptors (Lipinski definition) is 3. The molecule has 0 aromatic heterocycles. The number of rotatable bonds is 2. The Bertz CT molecular complexity index is 256. The molecule has 1 aromatic carbocycles. The number of nitrogens with two attached hydrogens (primary N) is 2.